The number of hydrogen-bond donors (Lipinski definition) is 1. The zero-order chi connectivity index (χ0) is 15.9. The highest BCUT2D eigenvalue weighted by atomic mass is 16.5. The van der Waals surface area contributed by atoms with Crippen LogP contribution in [0.25, 0.3) is 11.5 Å². The predicted octanol–water partition coefficient (Wildman–Crippen LogP) is 4.03. The molecule has 0 radical (unpaired) electrons. The third kappa shape index (κ3) is 4.20. The van der Waals surface area contributed by atoms with Crippen molar-refractivity contribution in [2.24, 2.45) is 0 Å². The van der Waals surface area contributed by atoms with Crippen LogP contribution < -0.4 is 10.1 Å². The van der Waals surface area contributed by atoms with E-state index in [1.807, 2.05) is 49.4 Å². The van der Waals surface area contributed by atoms with E-state index in [1.54, 1.807) is 6.26 Å². The van der Waals surface area contributed by atoms with E-state index in [9.17, 15) is 0 Å². The van der Waals surface area contributed by atoms with Crippen LogP contribution in [-0.4, -0.2) is 11.6 Å². The van der Waals surface area contributed by atoms with Gasteiger partial charge in [-0.3, -0.25) is 0 Å². The highest BCUT2D eigenvalue weighted by Crippen LogP contribution is 2.21. The molecule has 1 heterocycles. The average Bonchev–Trinajstić information content (AvgIpc) is 3.06. The fourth-order valence-corrected chi connectivity index (χ4v) is 2.31. The molecule has 0 amide bonds. The Kier molecular flexibility index (Phi) is 5.06. The first-order chi connectivity index (χ1) is 11.3. The maximum atomic E-state index is 5.56. The van der Waals surface area contributed by atoms with Gasteiger partial charge in [0, 0.05) is 18.7 Å². The third-order valence-electron chi connectivity index (χ3n) is 3.44. The number of ether oxygens (including phenoxy) is 1. The summed E-state index contributed by atoms with van der Waals surface area (Å²) in [6.07, 6.45) is 1.70. The summed E-state index contributed by atoms with van der Waals surface area (Å²) in [6.45, 7) is 4.12. The Labute approximate surface area is 136 Å². The van der Waals surface area contributed by atoms with E-state index in [-0.39, 0.29) is 0 Å². The molecule has 1 aromatic heterocycles. The lowest BCUT2D eigenvalue weighted by molar-refractivity contribution is 0.340. The summed E-state index contributed by atoms with van der Waals surface area (Å²) in [5, 5.41) is 3.37. The molecule has 0 aliphatic carbocycles. The Morgan fingerprint density at radius 2 is 1.78 bits per heavy atom. The molecule has 0 atom stereocenters. The molecule has 0 bridgehead atoms. The molecule has 0 fully saturated rings. The summed E-state index contributed by atoms with van der Waals surface area (Å²) < 4.78 is 11.0. The standard InChI is InChI=1S/C19H20N2O2/c1-2-22-18-10-8-16(9-11-18)19-21-17(14-23-19)13-20-12-15-6-4-3-5-7-15/h3-11,14,20H,2,12-13H2,1H3. The topological polar surface area (TPSA) is 47.3 Å². The van der Waals surface area contributed by atoms with E-state index in [2.05, 4.69) is 22.4 Å². The Balaban J connectivity index is 1.57. The lowest BCUT2D eigenvalue weighted by Crippen LogP contribution is -2.12. The molecule has 0 unspecified atom stereocenters. The Hall–Kier alpha value is -2.59. The zero-order valence-corrected chi connectivity index (χ0v) is 13.2. The van der Waals surface area contributed by atoms with E-state index in [4.69, 9.17) is 9.15 Å². The fraction of sp³-hybridized carbons (Fsp3) is 0.211. The minimum Gasteiger partial charge on any atom is -0.494 e. The Morgan fingerprint density at radius 3 is 2.52 bits per heavy atom. The van der Waals surface area contributed by atoms with E-state index in [0.29, 0.717) is 19.0 Å². The van der Waals surface area contributed by atoms with Crippen LogP contribution in [0.4, 0.5) is 0 Å². The van der Waals surface area contributed by atoms with Gasteiger partial charge in [-0.15, -0.1) is 0 Å². The van der Waals surface area contributed by atoms with Crippen LogP contribution in [0.2, 0.25) is 0 Å². The summed E-state index contributed by atoms with van der Waals surface area (Å²) in [7, 11) is 0. The number of nitrogens with one attached hydrogen (secondary N) is 1. The maximum Gasteiger partial charge on any atom is 0.226 e. The van der Waals surface area contributed by atoms with Crippen LogP contribution in [0.1, 0.15) is 18.2 Å². The van der Waals surface area contributed by atoms with Crippen molar-refractivity contribution in [3.63, 3.8) is 0 Å². The van der Waals surface area contributed by atoms with E-state index in [1.165, 1.54) is 5.56 Å². The number of nitrogens with zero attached hydrogens (tertiary/aromatic N) is 1. The van der Waals surface area contributed by atoms with Crippen molar-refractivity contribution >= 4 is 0 Å². The monoisotopic (exact) mass is 308 g/mol. The van der Waals surface area contributed by atoms with Gasteiger partial charge >= 0.3 is 0 Å². The van der Waals surface area contributed by atoms with Crippen molar-refractivity contribution in [2.75, 3.05) is 6.61 Å². The first-order valence-corrected chi connectivity index (χ1v) is 7.77. The maximum absolute atomic E-state index is 5.56. The average molecular weight is 308 g/mol. The van der Waals surface area contributed by atoms with Crippen LogP contribution in [0.3, 0.4) is 0 Å². The van der Waals surface area contributed by atoms with Gasteiger partial charge in [0.25, 0.3) is 0 Å². The molecular weight excluding hydrogens is 288 g/mol. The number of oxazole rings is 1. The van der Waals surface area contributed by atoms with Crippen molar-refractivity contribution in [1.82, 2.24) is 10.3 Å². The summed E-state index contributed by atoms with van der Waals surface area (Å²) in [6, 6.07) is 18.1. The van der Waals surface area contributed by atoms with Gasteiger partial charge in [0.2, 0.25) is 5.89 Å². The highest BCUT2D eigenvalue weighted by Gasteiger charge is 2.07. The number of hydrogen-bond acceptors (Lipinski definition) is 4. The summed E-state index contributed by atoms with van der Waals surface area (Å²) >= 11 is 0. The molecule has 3 rings (SSSR count). The molecule has 0 aliphatic rings. The number of benzene rings is 2. The minimum atomic E-state index is 0.629. The molecule has 0 aliphatic heterocycles. The number of aromatic nitrogens is 1. The lowest BCUT2D eigenvalue weighted by Gasteiger charge is -2.03. The van der Waals surface area contributed by atoms with Crippen molar-refractivity contribution in [2.45, 2.75) is 20.0 Å². The summed E-state index contributed by atoms with van der Waals surface area (Å²) in [5.41, 5.74) is 3.09. The molecule has 4 heteroatoms. The lowest BCUT2D eigenvalue weighted by atomic mass is 10.2. The van der Waals surface area contributed by atoms with Crippen molar-refractivity contribution in [1.29, 1.82) is 0 Å². The zero-order valence-electron chi connectivity index (χ0n) is 13.2. The Morgan fingerprint density at radius 1 is 1.00 bits per heavy atom. The molecular formula is C19H20N2O2. The molecule has 1 N–H and O–H groups in total. The quantitative estimate of drug-likeness (QED) is 0.716. The second-order valence-corrected chi connectivity index (χ2v) is 5.19. The SMILES string of the molecule is CCOc1ccc(-c2nc(CNCc3ccccc3)co2)cc1. The minimum absolute atomic E-state index is 0.629. The molecule has 4 nitrogen and oxygen atoms in total. The van der Waals surface area contributed by atoms with Crippen molar-refractivity contribution in [3.8, 4) is 17.2 Å². The van der Waals surface area contributed by atoms with Gasteiger partial charge < -0.3 is 14.5 Å². The smallest absolute Gasteiger partial charge is 0.226 e. The molecule has 23 heavy (non-hydrogen) atoms. The first-order valence-electron chi connectivity index (χ1n) is 7.77. The van der Waals surface area contributed by atoms with Gasteiger partial charge in [-0.2, -0.15) is 0 Å². The number of rotatable bonds is 7. The second kappa shape index (κ2) is 7.61. The second-order valence-electron chi connectivity index (χ2n) is 5.19. The summed E-state index contributed by atoms with van der Waals surface area (Å²) in [4.78, 5) is 4.52. The van der Waals surface area contributed by atoms with Gasteiger partial charge in [-0.25, -0.2) is 4.98 Å². The van der Waals surface area contributed by atoms with Crippen LogP contribution in [-0.2, 0) is 13.1 Å². The van der Waals surface area contributed by atoms with Crippen LogP contribution >= 0.6 is 0 Å². The molecule has 0 spiro atoms. The van der Waals surface area contributed by atoms with Gasteiger partial charge in [-0.1, -0.05) is 30.3 Å². The van der Waals surface area contributed by atoms with Gasteiger partial charge in [-0.05, 0) is 36.8 Å². The van der Waals surface area contributed by atoms with Crippen LogP contribution in [0.15, 0.2) is 65.3 Å². The first kappa shape index (κ1) is 15.3. The van der Waals surface area contributed by atoms with Crippen molar-refractivity contribution in [3.05, 3.63) is 72.1 Å². The van der Waals surface area contributed by atoms with E-state index in [0.717, 1.165) is 23.6 Å². The van der Waals surface area contributed by atoms with Crippen LogP contribution in [0.5, 0.6) is 5.75 Å². The largest absolute Gasteiger partial charge is 0.494 e. The molecule has 3 aromatic rings. The Bertz CT molecular complexity index is 721. The van der Waals surface area contributed by atoms with E-state index < -0.39 is 0 Å². The highest BCUT2D eigenvalue weighted by molar-refractivity contribution is 5.54. The molecule has 118 valence electrons. The van der Waals surface area contributed by atoms with E-state index >= 15 is 0 Å². The molecule has 2 aromatic carbocycles. The normalized spacial score (nSPS) is 10.7. The van der Waals surface area contributed by atoms with Crippen LogP contribution in [0, 0.1) is 0 Å². The van der Waals surface area contributed by atoms with Gasteiger partial charge in [0.1, 0.15) is 12.0 Å². The van der Waals surface area contributed by atoms with Crippen molar-refractivity contribution < 1.29 is 9.15 Å². The predicted molar refractivity (Wildman–Crippen MR) is 90.1 cm³/mol. The third-order valence-corrected chi connectivity index (χ3v) is 3.44. The summed E-state index contributed by atoms with van der Waals surface area (Å²) in [5.74, 6) is 1.48. The molecule has 0 saturated carbocycles. The van der Waals surface area contributed by atoms with Gasteiger partial charge in [0.05, 0.1) is 12.3 Å². The fourth-order valence-electron chi connectivity index (χ4n) is 2.31. The van der Waals surface area contributed by atoms with Gasteiger partial charge in [0.15, 0.2) is 0 Å². The molecule has 0 saturated heterocycles.